The zero-order valence-corrected chi connectivity index (χ0v) is 14.0. The molecule has 1 aromatic carbocycles. The molecule has 1 aliphatic heterocycles. The highest BCUT2D eigenvalue weighted by molar-refractivity contribution is 6.33. The van der Waals surface area contributed by atoms with Crippen LogP contribution in [0.2, 0.25) is 5.02 Å². The molecule has 1 amide bonds. The Morgan fingerprint density at radius 3 is 2.91 bits per heavy atom. The summed E-state index contributed by atoms with van der Waals surface area (Å²) in [7, 11) is 0. The second-order valence-corrected chi connectivity index (χ2v) is 6.01. The van der Waals surface area contributed by atoms with Crippen LogP contribution in [0.3, 0.4) is 0 Å². The maximum absolute atomic E-state index is 12.0. The van der Waals surface area contributed by atoms with Gasteiger partial charge in [0.25, 0.3) is 5.91 Å². The Balaban J connectivity index is 2.01. The smallest absolute Gasteiger partial charge is 0.263 e. The third-order valence-corrected chi connectivity index (χ3v) is 3.97. The van der Waals surface area contributed by atoms with Crippen molar-refractivity contribution in [3.8, 4) is 6.07 Å². The van der Waals surface area contributed by atoms with Gasteiger partial charge in [0.05, 0.1) is 16.8 Å². The van der Waals surface area contributed by atoms with Crippen molar-refractivity contribution in [2.24, 2.45) is 0 Å². The largest absolute Gasteiger partial charge is 0.376 e. The van der Waals surface area contributed by atoms with E-state index in [1.165, 1.54) is 6.20 Å². The first-order chi connectivity index (χ1) is 11.0. The van der Waals surface area contributed by atoms with Crippen molar-refractivity contribution in [2.75, 3.05) is 18.5 Å². The summed E-state index contributed by atoms with van der Waals surface area (Å²) in [5.41, 5.74) is 2.69. The van der Waals surface area contributed by atoms with E-state index in [0.29, 0.717) is 17.3 Å². The summed E-state index contributed by atoms with van der Waals surface area (Å²) in [5.74, 6) is -0.420. The maximum atomic E-state index is 12.0. The van der Waals surface area contributed by atoms with Crippen molar-refractivity contribution < 1.29 is 9.53 Å². The van der Waals surface area contributed by atoms with E-state index in [1.54, 1.807) is 0 Å². The molecule has 23 heavy (non-hydrogen) atoms. The molecule has 5 nitrogen and oxygen atoms in total. The molecule has 0 spiro atoms. The van der Waals surface area contributed by atoms with Gasteiger partial charge in [-0.15, -0.1) is 0 Å². The fourth-order valence-electron chi connectivity index (χ4n) is 2.50. The van der Waals surface area contributed by atoms with Crippen LogP contribution < -0.4 is 10.6 Å². The summed E-state index contributed by atoms with van der Waals surface area (Å²) in [6.07, 6.45) is 3.37. The van der Waals surface area contributed by atoms with Gasteiger partial charge in [-0.25, -0.2) is 0 Å². The van der Waals surface area contributed by atoms with E-state index < -0.39 is 5.91 Å². The lowest BCUT2D eigenvalue weighted by atomic mass is 10.1. The van der Waals surface area contributed by atoms with E-state index in [0.717, 1.165) is 30.6 Å². The van der Waals surface area contributed by atoms with Crippen molar-refractivity contribution in [2.45, 2.75) is 32.8 Å². The van der Waals surface area contributed by atoms with Gasteiger partial charge in [-0.05, 0) is 43.9 Å². The van der Waals surface area contributed by atoms with E-state index in [2.05, 4.69) is 10.6 Å². The van der Waals surface area contributed by atoms with Crippen molar-refractivity contribution >= 4 is 23.2 Å². The Kier molecular flexibility index (Phi) is 6.03. The summed E-state index contributed by atoms with van der Waals surface area (Å²) in [6.45, 7) is 5.02. The lowest BCUT2D eigenvalue weighted by molar-refractivity contribution is -0.117. The summed E-state index contributed by atoms with van der Waals surface area (Å²) in [6, 6.07) is 5.71. The highest BCUT2D eigenvalue weighted by Crippen LogP contribution is 2.27. The molecular weight excluding hydrogens is 314 g/mol. The van der Waals surface area contributed by atoms with Crippen LogP contribution in [-0.2, 0) is 9.53 Å². The molecule has 0 aromatic heterocycles. The van der Waals surface area contributed by atoms with Crippen molar-refractivity contribution in [1.29, 1.82) is 5.26 Å². The van der Waals surface area contributed by atoms with Crippen LogP contribution in [0.1, 0.15) is 24.0 Å². The van der Waals surface area contributed by atoms with E-state index in [1.807, 2.05) is 32.0 Å². The SMILES string of the molecule is Cc1cc(C)c(N/C=C(/C#N)C(=O)NCC2CCCO2)c(Cl)c1. The normalized spacial score (nSPS) is 17.7. The van der Waals surface area contributed by atoms with Crippen molar-refractivity contribution in [1.82, 2.24) is 5.32 Å². The Morgan fingerprint density at radius 1 is 1.52 bits per heavy atom. The quantitative estimate of drug-likeness (QED) is 0.641. The van der Waals surface area contributed by atoms with Gasteiger partial charge in [-0.3, -0.25) is 4.79 Å². The number of rotatable bonds is 5. The van der Waals surface area contributed by atoms with Crippen molar-refractivity contribution in [3.05, 3.63) is 40.1 Å². The van der Waals surface area contributed by atoms with Crippen LogP contribution in [0, 0.1) is 25.2 Å². The number of carbonyl (C=O) groups excluding carboxylic acids is 1. The van der Waals surface area contributed by atoms with Crippen LogP contribution in [0.5, 0.6) is 0 Å². The Labute approximate surface area is 141 Å². The zero-order chi connectivity index (χ0) is 16.8. The molecule has 2 rings (SSSR count). The third-order valence-electron chi connectivity index (χ3n) is 3.67. The fraction of sp³-hybridized carbons (Fsp3) is 0.412. The molecule has 2 N–H and O–H groups in total. The zero-order valence-electron chi connectivity index (χ0n) is 13.3. The molecule has 0 bridgehead atoms. The molecule has 1 unspecified atom stereocenters. The first-order valence-electron chi connectivity index (χ1n) is 7.54. The monoisotopic (exact) mass is 333 g/mol. The maximum Gasteiger partial charge on any atom is 0.263 e. The minimum atomic E-state index is -0.420. The second-order valence-electron chi connectivity index (χ2n) is 5.60. The van der Waals surface area contributed by atoms with Gasteiger partial charge in [0.1, 0.15) is 11.6 Å². The first kappa shape index (κ1) is 17.3. The van der Waals surface area contributed by atoms with E-state index in [9.17, 15) is 4.79 Å². The molecule has 0 radical (unpaired) electrons. The number of halogens is 1. The Hall–Kier alpha value is -2.03. The minimum Gasteiger partial charge on any atom is -0.376 e. The van der Waals surface area contributed by atoms with Crippen LogP contribution in [-0.4, -0.2) is 25.2 Å². The summed E-state index contributed by atoms with van der Waals surface area (Å²) in [4.78, 5) is 12.0. The lowest BCUT2D eigenvalue weighted by Crippen LogP contribution is -2.32. The van der Waals surface area contributed by atoms with Gasteiger partial charge in [0.15, 0.2) is 0 Å². The average molecular weight is 334 g/mol. The molecule has 0 aliphatic carbocycles. The number of nitrogens with one attached hydrogen (secondary N) is 2. The topological polar surface area (TPSA) is 74.2 Å². The summed E-state index contributed by atoms with van der Waals surface area (Å²) in [5, 5.41) is 15.4. The van der Waals surface area contributed by atoms with Gasteiger partial charge in [-0.2, -0.15) is 5.26 Å². The molecule has 1 aliphatic rings. The predicted molar refractivity (Wildman–Crippen MR) is 90.2 cm³/mol. The number of hydrogen-bond acceptors (Lipinski definition) is 4. The predicted octanol–water partition coefficient (Wildman–Crippen LogP) is 3.07. The first-order valence-corrected chi connectivity index (χ1v) is 7.92. The standard InChI is InChI=1S/C17H20ClN3O2/c1-11-6-12(2)16(15(18)7-11)20-9-13(8-19)17(22)21-10-14-4-3-5-23-14/h6-7,9,14,20H,3-5,10H2,1-2H3,(H,21,22)/b13-9-. The molecule has 1 saturated heterocycles. The highest BCUT2D eigenvalue weighted by atomic mass is 35.5. The van der Waals surface area contributed by atoms with Crippen LogP contribution in [0.4, 0.5) is 5.69 Å². The van der Waals surface area contributed by atoms with Crippen LogP contribution >= 0.6 is 11.6 Å². The number of carbonyl (C=O) groups is 1. The molecule has 122 valence electrons. The molecule has 0 saturated carbocycles. The Morgan fingerprint density at radius 2 is 2.30 bits per heavy atom. The van der Waals surface area contributed by atoms with Crippen LogP contribution in [0.25, 0.3) is 0 Å². The van der Waals surface area contributed by atoms with E-state index in [4.69, 9.17) is 21.6 Å². The number of benzene rings is 1. The fourth-order valence-corrected chi connectivity index (χ4v) is 2.87. The van der Waals surface area contributed by atoms with E-state index in [-0.39, 0.29) is 11.7 Å². The minimum absolute atomic E-state index is 0.000890. The molecule has 1 heterocycles. The number of nitriles is 1. The number of hydrogen-bond donors (Lipinski definition) is 2. The number of nitrogens with zero attached hydrogens (tertiary/aromatic N) is 1. The number of aryl methyl sites for hydroxylation is 2. The van der Waals surface area contributed by atoms with Gasteiger partial charge in [-0.1, -0.05) is 17.7 Å². The van der Waals surface area contributed by atoms with Gasteiger partial charge < -0.3 is 15.4 Å². The Bertz CT molecular complexity index is 635. The molecule has 6 heteroatoms. The molecule has 1 atom stereocenters. The third kappa shape index (κ3) is 4.72. The number of amides is 1. The average Bonchev–Trinajstić information content (AvgIpc) is 3.01. The van der Waals surface area contributed by atoms with Gasteiger partial charge in [0, 0.05) is 19.4 Å². The molecular formula is C17H20ClN3O2. The highest BCUT2D eigenvalue weighted by Gasteiger charge is 2.17. The lowest BCUT2D eigenvalue weighted by Gasteiger charge is -2.11. The summed E-state index contributed by atoms with van der Waals surface area (Å²) >= 11 is 6.20. The van der Waals surface area contributed by atoms with Crippen LogP contribution in [0.15, 0.2) is 23.9 Å². The van der Waals surface area contributed by atoms with E-state index >= 15 is 0 Å². The second kappa shape index (κ2) is 8.00. The summed E-state index contributed by atoms with van der Waals surface area (Å²) < 4.78 is 5.44. The molecule has 1 fully saturated rings. The number of ether oxygens (including phenoxy) is 1. The molecule has 1 aromatic rings. The number of anilines is 1. The van der Waals surface area contributed by atoms with Gasteiger partial charge in [0.2, 0.25) is 0 Å². The van der Waals surface area contributed by atoms with Crippen molar-refractivity contribution in [3.63, 3.8) is 0 Å². The van der Waals surface area contributed by atoms with Gasteiger partial charge >= 0.3 is 0 Å².